The van der Waals surface area contributed by atoms with Gasteiger partial charge in [0, 0.05) is 6.42 Å². The van der Waals surface area contributed by atoms with Crippen molar-refractivity contribution in [1.82, 2.24) is 0 Å². The maximum Gasteiger partial charge on any atom is 0.238 e. The third-order valence-corrected chi connectivity index (χ3v) is 4.48. The first-order valence-electron chi connectivity index (χ1n) is 5.98. The summed E-state index contributed by atoms with van der Waals surface area (Å²) in [6.07, 6.45) is 3.74. The highest BCUT2D eigenvalue weighted by Crippen LogP contribution is 2.30. The third kappa shape index (κ3) is 3.68. The number of rotatable bonds is 4. The maximum atomic E-state index is 11.8. The van der Waals surface area contributed by atoms with Crippen molar-refractivity contribution in [3.63, 3.8) is 0 Å². The first-order valence-corrected chi connectivity index (χ1v) is 7.91. The minimum absolute atomic E-state index is 0.0733. The highest BCUT2D eigenvalue weighted by Gasteiger charge is 2.21. The number of anilines is 1. The van der Waals surface area contributed by atoms with E-state index >= 15 is 0 Å². The Balaban J connectivity index is 2.12. The second kappa shape index (κ2) is 5.48. The van der Waals surface area contributed by atoms with Gasteiger partial charge in [-0.15, -0.1) is 0 Å². The number of primary sulfonamides is 1. The summed E-state index contributed by atoms with van der Waals surface area (Å²) in [4.78, 5) is 11.7. The molecule has 0 bridgehead atoms. The Kier molecular flexibility index (Phi) is 4.13. The van der Waals surface area contributed by atoms with Gasteiger partial charge in [-0.25, -0.2) is 13.6 Å². The lowest BCUT2D eigenvalue weighted by Gasteiger charge is -2.24. The number of hydrogen-bond donors (Lipinski definition) is 2. The number of nitrogens with one attached hydrogen (secondary N) is 1. The molecule has 1 amide bonds. The van der Waals surface area contributed by atoms with Gasteiger partial charge < -0.3 is 5.32 Å². The lowest BCUT2D eigenvalue weighted by atomic mass is 9.83. The number of hydrogen-bond acceptors (Lipinski definition) is 3. The fraction of sp³-hybridized carbons (Fsp3) is 0.417. The monoisotopic (exact) mass is 302 g/mol. The van der Waals surface area contributed by atoms with E-state index in [2.05, 4.69) is 5.32 Å². The van der Waals surface area contributed by atoms with E-state index in [0.29, 0.717) is 12.3 Å². The van der Waals surface area contributed by atoms with Crippen molar-refractivity contribution in [2.24, 2.45) is 11.1 Å². The van der Waals surface area contributed by atoms with Gasteiger partial charge in [-0.05, 0) is 37.0 Å². The molecule has 19 heavy (non-hydrogen) atoms. The predicted molar refractivity (Wildman–Crippen MR) is 73.4 cm³/mol. The average molecular weight is 303 g/mol. The fourth-order valence-corrected chi connectivity index (χ4v) is 2.64. The van der Waals surface area contributed by atoms with Crippen LogP contribution in [-0.4, -0.2) is 14.3 Å². The van der Waals surface area contributed by atoms with E-state index in [4.69, 9.17) is 16.7 Å². The lowest BCUT2D eigenvalue weighted by Crippen LogP contribution is -2.21. The summed E-state index contributed by atoms with van der Waals surface area (Å²) in [6, 6.07) is 3.98. The quantitative estimate of drug-likeness (QED) is 0.892. The maximum absolute atomic E-state index is 11.8. The largest absolute Gasteiger partial charge is 0.325 e. The lowest BCUT2D eigenvalue weighted by molar-refractivity contribution is -0.117. The Morgan fingerprint density at radius 2 is 2.11 bits per heavy atom. The topological polar surface area (TPSA) is 89.3 Å². The third-order valence-electron chi connectivity index (χ3n) is 3.24. The molecule has 3 N–H and O–H groups in total. The SMILES string of the molecule is NS(=O)(=O)c1ccc(Cl)c(NC(=O)CC2CCC2)c1. The molecule has 1 aliphatic carbocycles. The average Bonchev–Trinajstić information content (AvgIpc) is 2.25. The zero-order valence-electron chi connectivity index (χ0n) is 10.2. The molecular formula is C12H15ClN2O3S. The van der Waals surface area contributed by atoms with Crippen LogP contribution in [0.4, 0.5) is 5.69 Å². The highest BCUT2D eigenvalue weighted by molar-refractivity contribution is 7.89. The molecule has 0 heterocycles. The molecule has 7 heteroatoms. The van der Waals surface area contributed by atoms with Crippen LogP contribution in [0.2, 0.25) is 5.02 Å². The van der Waals surface area contributed by atoms with Crippen molar-refractivity contribution in [2.75, 3.05) is 5.32 Å². The van der Waals surface area contributed by atoms with Crippen LogP contribution in [0, 0.1) is 5.92 Å². The van der Waals surface area contributed by atoms with Crippen LogP contribution in [0.1, 0.15) is 25.7 Å². The van der Waals surface area contributed by atoms with Gasteiger partial charge in [-0.2, -0.15) is 0 Å². The van der Waals surface area contributed by atoms with Crippen molar-refractivity contribution in [2.45, 2.75) is 30.6 Å². The zero-order chi connectivity index (χ0) is 14.0. The van der Waals surface area contributed by atoms with Gasteiger partial charge in [-0.1, -0.05) is 18.0 Å². The molecular weight excluding hydrogens is 288 g/mol. The Labute approximate surface area is 117 Å². The molecule has 1 aromatic rings. The number of halogens is 1. The van der Waals surface area contributed by atoms with Crippen LogP contribution in [0.15, 0.2) is 23.1 Å². The molecule has 1 saturated carbocycles. The van der Waals surface area contributed by atoms with Crippen molar-refractivity contribution >= 4 is 33.2 Å². The minimum Gasteiger partial charge on any atom is -0.325 e. The number of carbonyl (C=O) groups is 1. The number of benzene rings is 1. The summed E-state index contributed by atoms with van der Waals surface area (Å²) in [7, 11) is -3.80. The molecule has 2 rings (SSSR count). The molecule has 1 fully saturated rings. The molecule has 0 aromatic heterocycles. The number of amides is 1. The molecule has 104 valence electrons. The molecule has 1 aliphatic rings. The normalized spacial score (nSPS) is 15.9. The molecule has 0 saturated heterocycles. The summed E-state index contributed by atoms with van der Waals surface area (Å²) in [5.74, 6) is 0.276. The Bertz CT molecular complexity index is 597. The fourth-order valence-electron chi connectivity index (χ4n) is 1.94. The minimum atomic E-state index is -3.80. The van der Waals surface area contributed by atoms with Gasteiger partial charge in [0.15, 0.2) is 0 Å². The summed E-state index contributed by atoms with van der Waals surface area (Å²) < 4.78 is 22.5. The van der Waals surface area contributed by atoms with Crippen molar-refractivity contribution in [1.29, 1.82) is 0 Å². The Morgan fingerprint density at radius 1 is 1.42 bits per heavy atom. The first kappa shape index (κ1) is 14.3. The van der Waals surface area contributed by atoms with Gasteiger partial charge in [0.2, 0.25) is 15.9 Å². The summed E-state index contributed by atoms with van der Waals surface area (Å²) in [6.45, 7) is 0. The highest BCUT2D eigenvalue weighted by atomic mass is 35.5. The first-order chi connectivity index (χ1) is 8.86. The Hall–Kier alpha value is -1.11. The zero-order valence-corrected chi connectivity index (χ0v) is 11.8. The number of nitrogens with two attached hydrogens (primary N) is 1. The molecule has 1 aromatic carbocycles. The number of sulfonamides is 1. The summed E-state index contributed by atoms with van der Waals surface area (Å²) in [5.41, 5.74) is 0.275. The van der Waals surface area contributed by atoms with Gasteiger partial charge in [0.05, 0.1) is 15.6 Å². The van der Waals surface area contributed by atoms with E-state index in [1.54, 1.807) is 0 Å². The van der Waals surface area contributed by atoms with Gasteiger partial charge >= 0.3 is 0 Å². The molecule has 0 unspecified atom stereocenters. The molecule has 0 spiro atoms. The summed E-state index contributed by atoms with van der Waals surface area (Å²) >= 11 is 5.92. The standard InChI is InChI=1S/C12H15ClN2O3S/c13-10-5-4-9(19(14,17)18)7-11(10)15-12(16)6-8-2-1-3-8/h4-5,7-8H,1-3,6H2,(H,15,16)(H2,14,17,18). The van der Waals surface area contributed by atoms with Crippen LogP contribution >= 0.6 is 11.6 Å². The van der Waals surface area contributed by atoms with Gasteiger partial charge in [0.1, 0.15) is 0 Å². The summed E-state index contributed by atoms with van der Waals surface area (Å²) in [5, 5.41) is 7.95. The van der Waals surface area contributed by atoms with Crippen LogP contribution in [0.3, 0.4) is 0 Å². The van der Waals surface area contributed by atoms with E-state index < -0.39 is 10.0 Å². The van der Waals surface area contributed by atoms with Crippen LogP contribution in [0.25, 0.3) is 0 Å². The second-order valence-corrected chi connectivity index (χ2v) is 6.70. The van der Waals surface area contributed by atoms with Crippen LogP contribution in [0.5, 0.6) is 0 Å². The van der Waals surface area contributed by atoms with E-state index in [9.17, 15) is 13.2 Å². The number of carbonyl (C=O) groups excluding carboxylic acids is 1. The van der Waals surface area contributed by atoms with E-state index in [1.165, 1.54) is 24.6 Å². The van der Waals surface area contributed by atoms with Crippen LogP contribution in [-0.2, 0) is 14.8 Å². The molecule has 0 radical (unpaired) electrons. The molecule has 0 aliphatic heterocycles. The van der Waals surface area contributed by atoms with Gasteiger partial charge in [0.25, 0.3) is 0 Å². The predicted octanol–water partition coefficient (Wildman–Crippen LogP) is 2.12. The van der Waals surface area contributed by atoms with Crippen molar-refractivity contribution in [3.05, 3.63) is 23.2 Å². The second-order valence-electron chi connectivity index (χ2n) is 4.74. The van der Waals surface area contributed by atoms with Crippen molar-refractivity contribution < 1.29 is 13.2 Å². The van der Waals surface area contributed by atoms with Crippen molar-refractivity contribution in [3.8, 4) is 0 Å². The van der Waals surface area contributed by atoms with E-state index in [-0.39, 0.29) is 21.5 Å². The Morgan fingerprint density at radius 3 is 2.63 bits per heavy atom. The van der Waals surface area contributed by atoms with E-state index in [0.717, 1.165) is 12.8 Å². The smallest absolute Gasteiger partial charge is 0.238 e. The van der Waals surface area contributed by atoms with E-state index in [1.807, 2.05) is 0 Å². The van der Waals surface area contributed by atoms with Crippen LogP contribution < -0.4 is 10.5 Å². The molecule has 0 atom stereocenters. The van der Waals surface area contributed by atoms with Gasteiger partial charge in [-0.3, -0.25) is 4.79 Å². The molecule has 5 nitrogen and oxygen atoms in total.